The van der Waals surface area contributed by atoms with Crippen molar-refractivity contribution < 1.29 is 9.18 Å². The van der Waals surface area contributed by atoms with E-state index in [-0.39, 0.29) is 11.7 Å². The summed E-state index contributed by atoms with van der Waals surface area (Å²) < 4.78 is 13.3. The number of rotatable bonds is 3. The third-order valence-corrected chi connectivity index (χ3v) is 5.73. The third-order valence-electron chi connectivity index (χ3n) is 4.88. The van der Waals surface area contributed by atoms with E-state index in [0.717, 1.165) is 43.2 Å². The zero-order chi connectivity index (χ0) is 15.8. The van der Waals surface area contributed by atoms with Gasteiger partial charge in [0.25, 0.3) is 5.91 Å². The molecule has 2 fully saturated rings. The number of likely N-dealkylation sites (tertiary alicyclic amines) is 2. The molecule has 2 atom stereocenters. The number of nitrogens with zero attached hydrogens (tertiary/aromatic N) is 2. The fraction of sp³-hybridized carbons (Fsp3) is 0.389. The number of hydrogen-bond acceptors (Lipinski definition) is 3. The van der Waals surface area contributed by atoms with Crippen molar-refractivity contribution in [2.45, 2.75) is 6.54 Å². The summed E-state index contributed by atoms with van der Waals surface area (Å²) in [5, 5.41) is 1.95. The number of amides is 1. The van der Waals surface area contributed by atoms with Gasteiger partial charge in [-0.05, 0) is 41.0 Å². The topological polar surface area (TPSA) is 23.6 Å². The lowest BCUT2D eigenvalue weighted by Gasteiger charge is -2.21. The molecule has 0 N–H and O–H groups in total. The summed E-state index contributed by atoms with van der Waals surface area (Å²) in [7, 11) is 0. The summed E-state index contributed by atoms with van der Waals surface area (Å²) >= 11 is 1.51. The number of thiophene rings is 1. The zero-order valence-electron chi connectivity index (χ0n) is 12.8. The summed E-state index contributed by atoms with van der Waals surface area (Å²) in [6.45, 7) is 4.48. The van der Waals surface area contributed by atoms with Gasteiger partial charge in [-0.2, -0.15) is 0 Å². The van der Waals surface area contributed by atoms with Crippen molar-refractivity contribution in [1.29, 1.82) is 0 Å². The molecule has 0 saturated carbocycles. The Bertz CT molecular complexity index is 689. The van der Waals surface area contributed by atoms with E-state index < -0.39 is 0 Å². The highest BCUT2D eigenvalue weighted by Crippen LogP contribution is 2.33. The van der Waals surface area contributed by atoms with Crippen LogP contribution in [0.3, 0.4) is 0 Å². The number of fused-ring (bicyclic) bond motifs is 1. The molecule has 120 valence electrons. The van der Waals surface area contributed by atoms with E-state index in [2.05, 4.69) is 4.90 Å². The van der Waals surface area contributed by atoms with Crippen LogP contribution in [0, 0.1) is 17.7 Å². The second-order valence-electron chi connectivity index (χ2n) is 6.53. The SMILES string of the molecule is O=C(c1cccs1)N1C[C@@H]2CN(Cc3cccc(F)c3)C[C@H]2C1. The van der Waals surface area contributed by atoms with Gasteiger partial charge < -0.3 is 4.90 Å². The summed E-state index contributed by atoms with van der Waals surface area (Å²) in [5.74, 6) is 1.10. The van der Waals surface area contributed by atoms with Gasteiger partial charge >= 0.3 is 0 Å². The molecule has 3 nitrogen and oxygen atoms in total. The minimum Gasteiger partial charge on any atom is -0.337 e. The van der Waals surface area contributed by atoms with Crippen molar-refractivity contribution in [3.8, 4) is 0 Å². The maximum Gasteiger partial charge on any atom is 0.263 e. The van der Waals surface area contributed by atoms with Crippen LogP contribution < -0.4 is 0 Å². The van der Waals surface area contributed by atoms with Gasteiger partial charge in [0.15, 0.2) is 0 Å². The van der Waals surface area contributed by atoms with Crippen molar-refractivity contribution >= 4 is 17.2 Å². The zero-order valence-corrected chi connectivity index (χ0v) is 13.6. The van der Waals surface area contributed by atoms with E-state index in [1.54, 1.807) is 12.1 Å². The van der Waals surface area contributed by atoms with Crippen molar-refractivity contribution in [3.05, 3.63) is 58.0 Å². The van der Waals surface area contributed by atoms with Crippen LogP contribution in [0.4, 0.5) is 4.39 Å². The van der Waals surface area contributed by atoms with Gasteiger partial charge in [0, 0.05) is 32.7 Å². The van der Waals surface area contributed by atoms with Crippen molar-refractivity contribution in [2.24, 2.45) is 11.8 Å². The number of halogens is 1. The highest BCUT2D eigenvalue weighted by molar-refractivity contribution is 7.12. The summed E-state index contributed by atoms with van der Waals surface area (Å²) in [4.78, 5) is 17.7. The van der Waals surface area contributed by atoms with Gasteiger partial charge in [-0.1, -0.05) is 18.2 Å². The molecule has 1 amide bonds. The summed E-state index contributed by atoms with van der Waals surface area (Å²) in [6, 6.07) is 10.7. The quantitative estimate of drug-likeness (QED) is 0.863. The molecule has 2 aromatic rings. The van der Waals surface area contributed by atoms with E-state index in [1.165, 1.54) is 17.4 Å². The Kier molecular flexibility index (Phi) is 3.91. The van der Waals surface area contributed by atoms with Crippen molar-refractivity contribution in [3.63, 3.8) is 0 Å². The molecule has 0 radical (unpaired) electrons. The molecule has 2 aliphatic rings. The maximum absolute atomic E-state index is 13.3. The van der Waals surface area contributed by atoms with E-state index in [9.17, 15) is 9.18 Å². The molecule has 5 heteroatoms. The minimum absolute atomic E-state index is 0.172. The van der Waals surface area contributed by atoms with Crippen LogP contribution in [0.5, 0.6) is 0 Å². The van der Waals surface area contributed by atoms with Gasteiger partial charge in [0.2, 0.25) is 0 Å². The lowest BCUT2D eigenvalue weighted by atomic mass is 10.0. The van der Waals surface area contributed by atoms with E-state index in [0.29, 0.717) is 11.8 Å². The van der Waals surface area contributed by atoms with Crippen LogP contribution in [-0.2, 0) is 6.54 Å². The molecule has 0 unspecified atom stereocenters. The predicted octanol–water partition coefficient (Wildman–Crippen LogP) is 3.09. The smallest absolute Gasteiger partial charge is 0.263 e. The van der Waals surface area contributed by atoms with Crippen LogP contribution in [0.1, 0.15) is 15.2 Å². The van der Waals surface area contributed by atoms with Crippen LogP contribution in [0.15, 0.2) is 41.8 Å². The average molecular weight is 330 g/mol. The molecule has 2 aliphatic heterocycles. The molecule has 1 aromatic heterocycles. The second-order valence-corrected chi connectivity index (χ2v) is 7.48. The first-order valence-corrected chi connectivity index (χ1v) is 8.86. The van der Waals surface area contributed by atoms with Gasteiger partial charge in [-0.15, -0.1) is 11.3 Å². The fourth-order valence-electron chi connectivity index (χ4n) is 3.83. The predicted molar refractivity (Wildman–Crippen MR) is 88.9 cm³/mol. The monoisotopic (exact) mass is 330 g/mol. The minimum atomic E-state index is -0.172. The lowest BCUT2D eigenvalue weighted by molar-refractivity contribution is 0.0778. The normalized spacial score (nSPS) is 24.1. The maximum atomic E-state index is 13.3. The van der Waals surface area contributed by atoms with Crippen LogP contribution >= 0.6 is 11.3 Å². The largest absolute Gasteiger partial charge is 0.337 e. The molecule has 3 heterocycles. The Labute approximate surface area is 139 Å². The Morgan fingerprint density at radius 3 is 2.57 bits per heavy atom. The number of hydrogen-bond donors (Lipinski definition) is 0. The fourth-order valence-corrected chi connectivity index (χ4v) is 4.53. The third kappa shape index (κ3) is 3.03. The lowest BCUT2D eigenvalue weighted by Crippen LogP contribution is -2.32. The molecule has 4 rings (SSSR count). The number of benzene rings is 1. The van der Waals surface area contributed by atoms with Crippen LogP contribution in [0.25, 0.3) is 0 Å². The molecule has 0 aliphatic carbocycles. The molecule has 0 bridgehead atoms. The second kappa shape index (κ2) is 6.06. The van der Waals surface area contributed by atoms with Crippen LogP contribution in [-0.4, -0.2) is 41.9 Å². The molecular formula is C18H19FN2OS. The Morgan fingerprint density at radius 1 is 1.13 bits per heavy atom. The van der Waals surface area contributed by atoms with E-state index >= 15 is 0 Å². The summed E-state index contributed by atoms with van der Waals surface area (Å²) in [5.41, 5.74) is 1.02. The number of carbonyl (C=O) groups is 1. The Hall–Kier alpha value is -1.72. The van der Waals surface area contributed by atoms with Gasteiger partial charge in [-0.3, -0.25) is 9.69 Å². The Morgan fingerprint density at radius 2 is 1.91 bits per heavy atom. The highest BCUT2D eigenvalue weighted by Gasteiger charge is 2.41. The van der Waals surface area contributed by atoms with Gasteiger partial charge in [-0.25, -0.2) is 4.39 Å². The molecule has 23 heavy (non-hydrogen) atoms. The first-order chi connectivity index (χ1) is 11.2. The highest BCUT2D eigenvalue weighted by atomic mass is 32.1. The standard InChI is InChI=1S/C18H19FN2OS/c19-16-4-1-3-13(7-16)8-20-9-14-11-21(12-15(14)10-20)18(22)17-5-2-6-23-17/h1-7,14-15H,8-12H2/t14-,15-/m0/s1. The summed E-state index contributed by atoms with van der Waals surface area (Å²) in [6.07, 6.45) is 0. The van der Waals surface area contributed by atoms with E-state index in [1.807, 2.05) is 28.5 Å². The molecular weight excluding hydrogens is 311 g/mol. The molecule has 1 aromatic carbocycles. The number of carbonyl (C=O) groups excluding carboxylic acids is 1. The van der Waals surface area contributed by atoms with Crippen molar-refractivity contribution in [2.75, 3.05) is 26.2 Å². The molecule has 2 saturated heterocycles. The van der Waals surface area contributed by atoms with Crippen molar-refractivity contribution in [1.82, 2.24) is 9.80 Å². The van der Waals surface area contributed by atoms with Crippen LogP contribution in [0.2, 0.25) is 0 Å². The Balaban J connectivity index is 1.36. The van der Waals surface area contributed by atoms with Gasteiger partial charge in [0.05, 0.1) is 4.88 Å². The first-order valence-electron chi connectivity index (χ1n) is 7.98. The van der Waals surface area contributed by atoms with E-state index in [4.69, 9.17) is 0 Å². The van der Waals surface area contributed by atoms with Gasteiger partial charge in [0.1, 0.15) is 5.82 Å². The average Bonchev–Trinajstić information content (AvgIpc) is 3.22. The first kappa shape index (κ1) is 14.8. The molecule has 0 spiro atoms.